The van der Waals surface area contributed by atoms with Crippen LogP contribution in [0.2, 0.25) is 0 Å². The van der Waals surface area contributed by atoms with E-state index in [1.807, 2.05) is 30.7 Å². The van der Waals surface area contributed by atoms with Crippen molar-refractivity contribution in [2.24, 2.45) is 15.9 Å². The number of allylic oxidation sites excluding steroid dienone is 3. The molecule has 0 saturated heterocycles. The fraction of sp³-hybridized carbons (Fsp3) is 0.0800. The van der Waals surface area contributed by atoms with Gasteiger partial charge in [0.1, 0.15) is 5.84 Å². The Morgan fingerprint density at radius 1 is 0.536 bits per heavy atom. The first-order valence-corrected chi connectivity index (χ1v) is 19.2. The van der Waals surface area contributed by atoms with E-state index in [1.54, 1.807) is 6.20 Å². The summed E-state index contributed by atoms with van der Waals surface area (Å²) in [5.41, 5.74) is 12.5. The third-order valence-electron chi connectivity index (χ3n) is 11.3. The number of amidine groups is 1. The number of hydrogen-bond donors (Lipinski definition) is 0. The predicted octanol–water partition coefficient (Wildman–Crippen LogP) is 11.7. The van der Waals surface area contributed by atoms with Gasteiger partial charge in [0.25, 0.3) is 0 Å². The van der Waals surface area contributed by atoms with Crippen LogP contribution in [0.15, 0.2) is 193 Å². The Kier molecular flexibility index (Phi) is 7.66. The topological polar surface area (TPSA) is 60.4 Å². The van der Waals surface area contributed by atoms with E-state index in [2.05, 4.69) is 165 Å². The van der Waals surface area contributed by atoms with Crippen molar-refractivity contribution in [1.82, 2.24) is 19.1 Å². The van der Waals surface area contributed by atoms with E-state index in [-0.39, 0.29) is 12.0 Å². The zero-order valence-electron chi connectivity index (χ0n) is 30.6. The third-order valence-corrected chi connectivity index (χ3v) is 11.3. The molecular formula is C50H36N6. The molecule has 5 aromatic carbocycles. The molecule has 2 aliphatic rings. The molecule has 0 amide bonds. The van der Waals surface area contributed by atoms with Crippen molar-refractivity contribution in [2.75, 3.05) is 0 Å². The first-order valence-electron chi connectivity index (χ1n) is 19.2. The summed E-state index contributed by atoms with van der Waals surface area (Å²) in [5.74, 6) is 0.891. The van der Waals surface area contributed by atoms with Crippen LogP contribution in [0.4, 0.5) is 0 Å². The van der Waals surface area contributed by atoms with E-state index >= 15 is 0 Å². The largest absolute Gasteiger partial charge is 0.309 e. The van der Waals surface area contributed by atoms with Crippen LogP contribution >= 0.6 is 0 Å². The fourth-order valence-corrected chi connectivity index (χ4v) is 8.71. The van der Waals surface area contributed by atoms with Gasteiger partial charge in [-0.05, 0) is 77.7 Å². The van der Waals surface area contributed by atoms with E-state index < -0.39 is 0 Å². The highest BCUT2D eigenvalue weighted by Crippen LogP contribution is 2.38. The maximum atomic E-state index is 5.24. The van der Waals surface area contributed by atoms with Gasteiger partial charge in [-0.25, -0.2) is 4.99 Å². The number of para-hydroxylation sites is 4. The van der Waals surface area contributed by atoms with Crippen molar-refractivity contribution in [2.45, 2.75) is 18.9 Å². The molecule has 0 N–H and O–H groups in total. The minimum Gasteiger partial charge on any atom is -0.309 e. The van der Waals surface area contributed by atoms with Crippen molar-refractivity contribution in [3.8, 4) is 11.4 Å². The van der Waals surface area contributed by atoms with Crippen LogP contribution < -0.4 is 0 Å². The molecule has 0 bridgehead atoms. The average molecular weight is 721 g/mol. The van der Waals surface area contributed by atoms with Gasteiger partial charge in [0.05, 0.1) is 33.8 Å². The van der Waals surface area contributed by atoms with Gasteiger partial charge in [-0.1, -0.05) is 103 Å². The van der Waals surface area contributed by atoms with Crippen molar-refractivity contribution in [1.29, 1.82) is 0 Å². The van der Waals surface area contributed by atoms with E-state index in [0.717, 1.165) is 46.0 Å². The monoisotopic (exact) mass is 720 g/mol. The summed E-state index contributed by atoms with van der Waals surface area (Å²) in [4.78, 5) is 19.2. The summed E-state index contributed by atoms with van der Waals surface area (Å²) < 4.78 is 4.84. The molecule has 0 radical (unpaired) electrons. The van der Waals surface area contributed by atoms with Gasteiger partial charge < -0.3 is 9.13 Å². The summed E-state index contributed by atoms with van der Waals surface area (Å²) in [7, 11) is 0. The Morgan fingerprint density at radius 2 is 1.09 bits per heavy atom. The number of hydrogen-bond acceptors (Lipinski definition) is 4. The van der Waals surface area contributed by atoms with Crippen LogP contribution in [0.3, 0.4) is 0 Å². The molecular weight excluding hydrogens is 685 g/mol. The van der Waals surface area contributed by atoms with Gasteiger partial charge in [0, 0.05) is 75.6 Å². The van der Waals surface area contributed by atoms with Gasteiger partial charge >= 0.3 is 0 Å². The highest BCUT2D eigenvalue weighted by Gasteiger charge is 2.26. The van der Waals surface area contributed by atoms with Gasteiger partial charge in [-0.2, -0.15) is 0 Å². The Labute approximate surface area is 324 Å². The second-order valence-electron chi connectivity index (χ2n) is 14.6. The number of fused-ring (bicyclic) bond motifs is 6. The van der Waals surface area contributed by atoms with Crippen molar-refractivity contribution in [3.63, 3.8) is 0 Å². The second kappa shape index (κ2) is 13.3. The van der Waals surface area contributed by atoms with Crippen LogP contribution in [0.1, 0.15) is 35.6 Å². The molecule has 2 atom stereocenters. The molecule has 6 heteroatoms. The number of nitrogens with zero attached hydrogens (tertiary/aromatic N) is 6. The van der Waals surface area contributed by atoms with Crippen LogP contribution in [0, 0.1) is 5.92 Å². The second-order valence-corrected chi connectivity index (χ2v) is 14.6. The van der Waals surface area contributed by atoms with Crippen molar-refractivity contribution >= 4 is 60.7 Å². The van der Waals surface area contributed by atoms with E-state index in [4.69, 9.17) is 9.98 Å². The summed E-state index contributed by atoms with van der Waals surface area (Å²) in [6.07, 6.45) is 15.9. The Bertz CT molecular complexity index is 2850. The smallest absolute Gasteiger partial charge is 0.131 e. The molecule has 1 aliphatic carbocycles. The number of aromatic nitrogens is 4. The maximum absolute atomic E-state index is 5.24. The Balaban J connectivity index is 1.05. The maximum Gasteiger partial charge on any atom is 0.131 e. The highest BCUT2D eigenvalue weighted by molar-refractivity contribution is 6.12. The third kappa shape index (κ3) is 5.41. The highest BCUT2D eigenvalue weighted by atomic mass is 15.0. The molecule has 266 valence electrons. The van der Waals surface area contributed by atoms with Crippen molar-refractivity contribution in [3.05, 3.63) is 199 Å². The number of aliphatic imine (C=N–C) groups is 2. The lowest BCUT2D eigenvalue weighted by Crippen LogP contribution is -2.22. The lowest BCUT2D eigenvalue weighted by atomic mass is 9.90. The van der Waals surface area contributed by atoms with E-state index in [1.165, 1.54) is 49.2 Å². The molecule has 11 rings (SSSR count). The molecule has 9 aromatic rings. The van der Waals surface area contributed by atoms with Gasteiger partial charge in [-0.15, -0.1) is 0 Å². The molecule has 0 spiro atoms. The molecule has 5 heterocycles. The van der Waals surface area contributed by atoms with E-state index in [9.17, 15) is 0 Å². The van der Waals surface area contributed by atoms with E-state index in [0.29, 0.717) is 6.42 Å². The SMILES string of the molecule is C1=CC(C2=NC(c3cccnc3)CC(c3cccnc3)=N2)CC=C1c1cc(-n2c3ccccc3c3ccccc32)cc(-n2c3ccccc3c3ccccc32)c1. The molecule has 56 heavy (non-hydrogen) atoms. The normalized spacial score (nSPS) is 17.0. The number of pyridine rings is 2. The fourth-order valence-electron chi connectivity index (χ4n) is 8.71. The van der Waals surface area contributed by atoms with Gasteiger partial charge in [-0.3, -0.25) is 15.0 Å². The summed E-state index contributed by atoms with van der Waals surface area (Å²) >= 11 is 0. The van der Waals surface area contributed by atoms with Crippen LogP contribution in [-0.2, 0) is 0 Å². The van der Waals surface area contributed by atoms with Crippen molar-refractivity contribution < 1.29 is 0 Å². The Morgan fingerprint density at radius 3 is 1.59 bits per heavy atom. The van der Waals surface area contributed by atoms with Crippen LogP contribution in [0.25, 0.3) is 60.6 Å². The van der Waals surface area contributed by atoms with Gasteiger partial charge in [0.2, 0.25) is 0 Å². The molecule has 0 fully saturated rings. The quantitative estimate of drug-likeness (QED) is 0.172. The summed E-state index contributed by atoms with van der Waals surface area (Å²) in [6, 6.07) is 50.1. The lowest BCUT2D eigenvalue weighted by molar-refractivity contribution is 0.723. The average Bonchev–Trinajstić information content (AvgIpc) is 3.80. The van der Waals surface area contributed by atoms with Crippen LogP contribution in [-0.4, -0.2) is 30.6 Å². The molecule has 2 unspecified atom stereocenters. The summed E-state index contributed by atoms with van der Waals surface area (Å²) in [5, 5.41) is 4.98. The predicted molar refractivity (Wildman–Crippen MR) is 230 cm³/mol. The molecule has 0 saturated carbocycles. The first-order chi connectivity index (χ1) is 27.8. The molecule has 6 nitrogen and oxygen atoms in total. The molecule has 1 aliphatic heterocycles. The number of rotatable bonds is 6. The van der Waals surface area contributed by atoms with Crippen LogP contribution in [0.5, 0.6) is 0 Å². The Hall–Kier alpha value is -7.18. The molecule has 4 aromatic heterocycles. The summed E-state index contributed by atoms with van der Waals surface area (Å²) in [6.45, 7) is 0. The van der Waals surface area contributed by atoms with Gasteiger partial charge in [0.15, 0.2) is 0 Å². The minimum absolute atomic E-state index is 0.0437. The standard InChI is InChI=1S/C50H36N6/c1-5-17-46-40(13-1)41-14-2-6-18-47(41)55(46)38-27-37(28-39(29-38)56-48-19-7-3-15-42(48)43-16-4-8-20-49(43)56)33-21-23-34(24-22-33)50-53-44(35-11-9-25-51-31-35)30-45(54-50)36-12-10-26-52-32-36/h1-23,25-29,31-32,34,44H,24,30H2. The first kappa shape index (κ1) is 32.3. The zero-order chi connectivity index (χ0) is 37.0. The number of benzene rings is 5. The lowest BCUT2D eigenvalue weighted by Gasteiger charge is -2.25. The zero-order valence-corrected chi connectivity index (χ0v) is 30.6. The minimum atomic E-state index is -0.0538.